The van der Waals surface area contributed by atoms with E-state index in [1.54, 1.807) is 0 Å². The highest BCUT2D eigenvalue weighted by molar-refractivity contribution is 5.78. The number of fused-ring (bicyclic) bond motifs is 2. The fourth-order valence-electron chi connectivity index (χ4n) is 5.18. The molecule has 0 saturated heterocycles. The molecule has 2 saturated carbocycles. The maximum absolute atomic E-state index is 12.3. The van der Waals surface area contributed by atoms with Crippen molar-refractivity contribution in [3.8, 4) is 0 Å². The van der Waals surface area contributed by atoms with E-state index in [-0.39, 0.29) is 22.3 Å². The highest BCUT2D eigenvalue weighted by Gasteiger charge is 2.72. The van der Waals surface area contributed by atoms with E-state index < -0.39 is 6.04 Å². The van der Waals surface area contributed by atoms with Crippen LogP contribution in [0, 0.1) is 16.7 Å². The molecule has 2 N–H and O–H groups in total. The van der Waals surface area contributed by atoms with Gasteiger partial charge in [0.1, 0.15) is 6.04 Å². The molecule has 4 heteroatoms. The first-order chi connectivity index (χ1) is 9.15. The minimum absolute atomic E-state index is 0.0420. The van der Waals surface area contributed by atoms with Gasteiger partial charge in [-0.05, 0) is 57.0 Å². The van der Waals surface area contributed by atoms with E-state index in [0.717, 1.165) is 12.8 Å². The van der Waals surface area contributed by atoms with Gasteiger partial charge in [-0.15, -0.1) is 0 Å². The second kappa shape index (κ2) is 4.70. The Kier molecular flexibility index (Phi) is 3.71. The first-order valence-corrected chi connectivity index (χ1v) is 7.75. The lowest BCUT2D eigenvalue weighted by Gasteiger charge is -2.54. The van der Waals surface area contributed by atoms with Crippen LogP contribution in [0.25, 0.3) is 0 Å². The predicted molar refractivity (Wildman–Crippen MR) is 80.3 cm³/mol. The maximum atomic E-state index is 12.3. The molecule has 0 spiro atoms. The molecule has 2 bridgehead atoms. The van der Waals surface area contributed by atoms with Gasteiger partial charge < -0.3 is 15.4 Å². The van der Waals surface area contributed by atoms with Crippen LogP contribution in [0.15, 0.2) is 0 Å². The van der Waals surface area contributed by atoms with Gasteiger partial charge in [-0.3, -0.25) is 4.79 Å². The number of nitrogens with zero attached hydrogens (tertiary/aromatic N) is 1. The third-order valence-electron chi connectivity index (χ3n) is 6.80. The molecule has 2 aliphatic carbocycles. The van der Waals surface area contributed by atoms with Crippen molar-refractivity contribution in [1.82, 2.24) is 4.90 Å². The van der Waals surface area contributed by atoms with Gasteiger partial charge in [0.2, 0.25) is 0 Å². The Morgan fingerprint density at radius 3 is 2.35 bits per heavy atom. The standard InChI is InChI=1S/C16H30N2O2/c1-7-20-13(19)12(17)16(18(5)6)10-11-8-9-15(16,4)14(11,2)3/h11-12H,7-10,17H2,1-6H3/t11-,12+,15+,16+/m0/s1. The minimum atomic E-state index is -0.577. The van der Waals surface area contributed by atoms with Crippen molar-refractivity contribution < 1.29 is 9.53 Å². The minimum Gasteiger partial charge on any atom is -0.465 e. The summed E-state index contributed by atoms with van der Waals surface area (Å²) in [5.74, 6) is 0.376. The number of hydrogen-bond donors (Lipinski definition) is 1. The summed E-state index contributed by atoms with van der Waals surface area (Å²) in [5.41, 5.74) is 6.37. The number of esters is 1. The Hall–Kier alpha value is -0.610. The second-order valence-electron chi connectivity index (χ2n) is 7.54. The summed E-state index contributed by atoms with van der Waals surface area (Å²) >= 11 is 0. The Balaban J connectivity index is 2.46. The van der Waals surface area contributed by atoms with Crippen molar-refractivity contribution in [3.05, 3.63) is 0 Å². The number of nitrogens with two attached hydrogens (primary N) is 1. The first kappa shape index (κ1) is 15.8. The predicted octanol–water partition coefficient (Wildman–Crippen LogP) is 2.02. The number of hydrogen-bond acceptors (Lipinski definition) is 4. The molecule has 0 aromatic carbocycles. The highest BCUT2D eigenvalue weighted by Crippen LogP contribution is 2.71. The molecule has 0 aromatic rings. The van der Waals surface area contributed by atoms with Crippen molar-refractivity contribution in [2.24, 2.45) is 22.5 Å². The largest absolute Gasteiger partial charge is 0.465 e. The molecule has 0 heterocycles. The van der Waals surface area contributed by atoms with Gasteiger partial charge in [-0.2, -0.15) is 0 Å². The van der Waals surface area contributed by atoms with Crippen LogP contribution >= 0.6 is 0 Å². The molecular weight excluding hydrogens is 252 g/mol. The Labute approximate surface area is 123 Å². The molecule has 0 unspecified atom stereocenters. The van der Waals surface area contributed by atoms with Crippen LogP contribution in [0.3, 0.4) is 0 Å². The van der Waals surface area contributed by atoms with Gasteiger partial charge in [0.25, 0.3) is 0 Å². The van der Waals surface area contributed by atoms with E-state index in [0.29, 0.717) is 12.5 Å². The summed E-state index contributed by atoms with van der Waals surface area (Å²) in [7, 11) is 4.11. The molecule has 116 valence electrons. The molecule has 2 rings (SSSR count). The Morgan fingerprint density at radius 2 is 2.00 bits per heavy atom. The van der Waals surface area contributed by atoms with Crippen molar-refractivity contribution in [3.63, 3.8) is 0 Å². The summed E-state index contributed by atoms with van der Waals surface area (Å²) in [6.07, 6.45) is 3.37. The topological polar surface area (TPSA) is 55.6 Å². The second-order valence-corrected chi connectivity index (χ2v) is 7.54. The molecule has 2 fully saturated rings. The van der Waals surface area contributed by atoms with Crippen LogP contribution < -0.4 is 5.73 Å². The molecule has 4 nitrogen and oxygen atoms in total. The lowest BCUT2D eigenvalue weighted by Crippen LogP contribution is -2.68. The molecule has 2 aliphatic rings. The van der Waals surface area contributed by atoms with Crippen LogP contribution in [0.2, 0.25) is 0 Å². The molecule has 20 heavy (non-hydrogen) atoms. The first-order valence-electron chi connectivity index (χ1n) is 7.75. The van der Waals surface area contributed by atoms with Gasteiger partial charge >= 0.3 is 5.97 Å². The summed E-state index contributed by atoms with van der Waals surface area (Å²) in [6, 6.07) is -0.577. The molecule has 0 amide bonds. The quantitative estimate of drug-likeness (QED) is 0.802. The zero-order valence-electron chi connectivity index (χ0n) is 13.8. The number of carbonyl (C=O) groups is 1. The lowest BCUT2D eigenvalue weighted by molar-refractivity contribution is -0.153. The van der Waals surface area contributed by atoms with Crippen LogP contribution in [0.5, 0.6) is 0 Å². The zero-order valence-corrected chi connectivity index (χ0v) is 13.8. The van der Waals surface area contributed by atoms with Gasteiger partial charge in [0, 0.05) is 0 Å². The molecular formula is C16H30N2O2. The molecule has 0 aliphatic heterocycles. The molecule has 4 atom stereocenters. The molecule has 0 aromatic heterocycles. The molecule has 0 radical (unpaired) electrons. The summed E-state index contributed by atoms with van der Waals surface area (Å²) in [6.45, 7) is 9.22. The monoisotopic (exact) mass is 282 g/mol. The van der Waals surface area contributed by atoms with E-state index >= 15 is 0 Å². The third-order valence-corrected chi connectivity index (χ3v) is 6.80. The van der Waals surface area contributed by atoms with Gasteiger partial charge in [-0.25, -0.2) is 0 Å². The van der Waals surface area contributed by atoms with Gasteiger partial charge in [0.15, 0.2) is 0 Å². The van der Waals surface area contributed by atoms with Crippen molar-refractivity contribution >= 4 is 5.97 Å². The number of carbonyl (C=O) groups excluding carboxylic acids is 1. The van der Waals surface area contributed by atoms with Crippen LogP contribution in [0.1, 0.15) is 47.0 Å². The highest BCUT2D eigenvalue weighted by atomic mass is 16.5. The summed E-state index contributed by atoms with van der Waals surface area (Å²) in [5, 5.41) is 0. The number of rotatable bonds is 4. The average Bonchev–Trinajstić information content (AvgIpc) is 2.69. The zero-order chi connectivity index (χ0) is 15.3. The van der Waals surface area contributed by atoms with Crippen LogP contribution in [-0.2, 0) is 9.53 Å². The van der Waals surface area contributed by atoms with Gasteiger partial charge in [-0.1, -0.05) is 20.8 Å². The van der Waals surface area contributed by atoms with Crippen molar-refractivity contribution in [2.45, 2.75) is 58.5 Å². The Bertz CT molecular complexity index is 407. The van der Waals surface area contributed by atoms with E-state index in [9.17, 15) is 4.79 Å². The van der Waals surface area contributed by atoms with Crippen LogP contribution in [-0.4, -0.2) is 43.2 Å². The fraction of sp³-hybridized carbons (Fsp3) is 0.938. The fourth-order valence-corrected chi connectivity index (χ4v) is 5.18. The lowest BCUT2D eigenvalue weighted by atomic mass is 9.59. The Morgan fingerprint density at radius 1 is 1.40 bits per heavy atom. The smallest absolute Gasteiger partial charge is 0.324 e. The van der Waals surface area contributed by atoms with Gasteiger partial charge in [0.05, 0.1) is 12.1 Å². The van der Waals surface area contributed by atoms with E-state index in [1.165, 1.54) is 6.42 Å². The normalized spacial score (nSPS) is 40.1. The van der Waals surface area contributed by atoms with E-state index in [4.69, 9.17) is 10.5 Å². The van der Waals surface area contributed by atoms with Crippen molar-refractivity contribution in [2.75, 3.05) is 20.7 Å². The van der Waals surface area contributed by atoms with E-state index in [2.05, 4.69) is 39.8 Å². The SMILES string of the molecule is CCOC(=O)[C@@H](N)[C@]1(N(C)C)C[C@@H]2CC[C@]1(C)C2(C)C. The van der Waals surface area contributed by atoms with E-state index in [1.807, 2.05) is 6.92 Å². The maximum Gasteiger partial charge on any atom is 0.324 e. The number of likely N-dealkylation sites (N-methyl/N-ethyl adjacent to an activating group) is 1. The number of ether oxygens (including phenoxy) is 1. The summed E-state index contributed by atoms with van der Waals surface area (Å²) < 4.78 is 5.22. The van der Waals surface area contributed by atoms with Crippen LogP contribution in [0.4, 0.5) is 0 Å². The third kappa shape index (κ3) is 1.64. The summed E-state index contributed by atoms with van der Waals surface area (Å²) in [4.78, 5) is 14.5. The average molecular weight is 282 g/mol. The van der Waals surface area contributed by atoms with Crippen molar-refractivity contribution in [1.29, 1.82) is 0 Å².